The van der Waals surface area contributed by atoms with Crippen LogP contribution in [0, 0.1) is 0 Å². The number of benzene rings is 4. The number of pyridine rings is 1. The van der Waals surface area contributed by atoms with Gasteiger partial charge in [-0.1, -0.05) is 48.5 Å². The zero-order valence-electron chi connectivity index (χ0n) is 22.7. The first-order valence-corrected chi connectivity index (χ1v) is 15.9. The Hall–Kier alpha value is -5.24. The fraction of sp³-hybridized carbons (Fsp3) is 0. The summed E-state index contributed by atoms with van der Waals surface area (Å²) in [5.41, 5.74) is 7.97. The van der Waals surface area contributed by atoms with Gasteiger partial charge in [0.25, 0.3) is 0 Å². The molecule has 0 spiro atoms. The second-order valence-electron chi connectivity index (χ2n) is 10.8. The van der Waals surface area contributed by atoms with Crippen molar-refractivity contribution >= 4 is 85.9 Å². The molecule has 0 unspecified atom stereocenters. The minimum Gasteiger partial charge on any atom is -0.309 e. The highest BCUT2D eigenvalue weighted by molar-refractivity contribution is 7.32. The third-order valence-corrected chi connectivity index (χ3v) is 10.6. The van der Waals surface area contributed by atoms with E-state index in [2.05, 4.69) is 116 Å². The second kappa shape index (κ2) is 8.64. The lowest BCUT2D eigenvalue weighted by atomic mass is 10.1. The van der Waals surface area contributed by atoms with Crippen LogP contribution in [0.4, 0.5) is 0 Å². The summed E-state index contributed by atoms with van der Waals surface area (Å²) in [4.78, 5) is 4.75. The average Bonchev–Trinajstić information content (AvgIpc) is 3.86. The van der Waals surface area contributed by atoms with Crippen LogP contribution in [0.5, 0.6) is 0 Å². The fourth-order valence-corrected chi connectivity index (χ4v) is 8.89. The molecule has 0 aliphatic heterocycles. The normalized spacial score (nSPS) is 12.2. The number of fused-ring (bicyclic) bond motifs is 9. The van der Waals surface area contributed by atoms with Gasteiger partial charge in [0.1, 0.15) is 11.3 Å². The van der Waals surface area contributed by atoms with E-state index in [0.717, 1.165) is 33.7 Å². The van der Waals surface area contributed by atoms with E-state index < -0.39 is 0 Å². The van der Waals surface area contributed by atoms with E-state index in [1.807, 2.05) is 24.5 Å². The SMILES string of the molecule is c1ccc(-n2c3ccccc3c3cc4c5ccccc5n(-c5cccc(-n6ncc7sc8ccsc8c76)c5)c4cc32)nc1. The zero-order valence-corrected chi connectivity index (χ0v) is 24.3. The molecule has 10 aromatic rings. The van der Waals surface area contributed by atoms with Crippen LogP contribution >= 0.6 is 22.7 Å². The molecule has 0 radical (unpaired) electrons. The van der Waals surface area contributed by atoms with E-state index in [1.54, 1.807) is 22.7 Å². The minimum atomic E-state index is 0.913. The molecule has 0 bridgehead atoms. The van der Waals surface area contributed by atoms with Gasteiger partial charge in [0.05, 0.1) is 43.4 Å². The number of nitrogens with zero attached hydrogens (tertiary/aromatic N) is 5. The van der Waals surface area contributed by atoms with Gasteiger partial charge in [-0.05, 0) is 66.0 Å². The van der Waals surface area contributed by atoms with Crippen molar-refractivity contribution in [1.29, 1.82) is 0 Å². The van der Waals surface area contributed by atoms with Crippen LogP contribution in [0.25, 0.3) is 80.4 Å². The van der Waals surface area contributed by atoms with Crippen LogP contribution in [0.15, 0.2) is 127 Å². The summed E-state index contributed by atoms with van der Waals surface area (Å²) in [7, 11) is 0. The lowest BCUT2D eigenvalue weighted by Gasteiger charge is -2.11. The number of rotatable bonds is 3. The fourth-order valence-electron chi connectivity index (χ4n) is 6.69. The van der Waals surface area contributed by atoms with Crippen molar-refractivity contribution in [3.63, 3.8) is 0 Å². The molecular formula is C36H21N5S2. The molecule has 0 N–H and O–H groups in total. The Bertz CT molecular complexity index is 2680. The molecule has 6 heterocycles. The first-order chi connectivity index (χ1) is 21.3. The number of aromatic nitrogens is 5. The third-order valence-electron chi connectivity index (χ3n) is 8.48. The predicted octanol–water partition coefficient (Wildman–Crippen LogP) is 9.89. The number of para-hydroxylation sites is 2. The van der Waals surface area contributed by atoms with Gasteiger partial charge in [-0.15, -0.1) is 22.7 Å². The Morgan fingerprint density at radius 2 is 1.30 bits per heavy atom. The Kier molecular flexibility index (Phi) is 4.69. The van der Waals surface area contributed by atoms with Crippen molar-refractivity contribution in [2.24, 2.45) is 0 Å². The van der Waals surface area contributed by atoms with E-state index in [9.17, 15) is 0 Å². The molecular weight excluding hydrogens is 567 g/mol. The summed E-state index contributed by atoms with van der Waals surface area (Å²) < 4.78 is 10.6. The van der Waals surface area contributed by atoms with Gasteiger partial charge >= 0.3 is 0 Å². The first kappa shape index (κ1) is 23.3. The van der Waals surface area contributed by atoms with Crippen molar-refractivity contribution in [1.82, 2.24) is 23.9 Å². The Balaban J connectivity index is 1.29. The standard InChI is InChI=1S/C36H21N5S2/c1-3-12-28-24(10-1)26-19-27-25-11-2-4-13-29(25)40(34-14-5-6-16-37-34)31(27)20-30(26)39(28)22-8-7-9-23(18-22)41-35-33(21-38-41)43-32-15-17-42-36(32)35/h1-21H. The molecule has 10 rings (SSSR count). The number of thiophene rings is 2. The van der Waals surface area contributed by atoms with E-state index >= 15 is 0 Å². The van der Waals surface area contributed by atoms with Crippen LogP contribution in [-0.2, 0) is 0 Å². The Labute approximate surface area is 253 Å². The maximum Gasteiger partial charge on any atom is 0.137 e. The highest BCUT2D eigenvalue weighted by Crippen LogP contribution is 2.41. The first-order valence-electron chi connectivity index (χ1n) is 14.2. The van der Waals surface area contributed by atoms with Gasteiger partial charge in [-0.2, -0.15) is 5.10 Å². The van der Waals surface area contributed by atoms with Gasteiger partial charge in [0.2, 0.25) is 0 Å². The predicted molar refractivity (Wildman–Crippen MR) is 181 cm³/mol. The smallest absolute Gasteiger partial charge is 0.137 e. The molecule has 0 saturated heterocycles. The second-order valence-corrected chi connectivity index (χ2v) is 12.8. The lowest BCUT2D eigenvalue weighted by molar-refractivity contribution is 0.911. The summed E-state index contributed by atoms with van der Waals surface area (Å²) in [5.74, 6) is 0.913. The highest BCUT2D eigenvalue weighted by Gasteiger charge is 2.19. The van der Waals surface area contributed by atoms with Crippen LogP contribution in [0.2, 0.25) is 0 Å². The average molecular weight is 588 g/mol. The van der Waals surface area contributed by atoms with E-state index in [4.69, 9.17) is 10.1 Å². The zero-order chi connectivity index (χ0) is 28.1. The number of hydrogen-bond donors (Lipinski definition) is 0. The molecule has 0 atom stereocenters. The summed E-state index contributed by atoms with van der Waals surface area (Å²) >= 11 is 3.59. The van der Waals surface area contributed by atoms with E-state index in [1.165, 1.54) is 46.7 Å². The highest BCUT2D eigenvalue weighted by atomic mass is 32.1. The minimum absolute atomic E-state index is 0.913. The molecule has 0 saturated carbocycles. The monoisotopic (exact) mass is 587 g/mol. The number of hydrogen-bond acceptors (Lipinski definition) is 4. The van der Waals surface area contributed by atoms with Gasteiger partial charge in [0, 0.05) is 38.1 Å². The third kappa shape index (κ3) is 3.20. The lowest BCUT2D eigenvalue weighted by Crippen LogP contribution is -2.00. The molecule has 0 aliphatic rings. The van der Waals surface area contributed by atoms with Crippen LogP contribution in [-0.4, -0.2) is 23.9 Å². The summed E-state index contributed by atoms with van der Waals surface area (Å²) in [6, 6.07) is 39.1. The largest absolute Gasteiger partial charge is 0.309 e. The van der Waals surface area contributed by atoms with Crippen LogP contribution in [0.1, 0.15) is 0 Å². The topological polar surface area (TPSA) is 40.6 Å². The van der Waals surface area contributed by atoms with Gasteiger partial charge in [-0.25, -0.2) is 9.67 Å². The molecule has 0 fully saturated rings. The maximum atomic E-state index is 4.83. The van der Waals surface area contributed by atoms with E-state index in [-0.39, 0.29) is 0 Å². The van der Waals surface area contributed by atoms with E-state index in [0.29, 0.717) is 0 Å². The Morgan fingerprint density at radius 3 is 2.12 bits per heavy atom. The van der Waals surface area contributed by atoms with Crippen LogP contribution < -0.4 is 0 Å². The van der Waals surface area contributed by atoms with Crippen molar-refractivity contribution in [2.45, 2.75) is 0 Å². The molecule has 5 nitrogen and oxygen atoms in total. The molecule has 202 valence electrons. The molecule has 7 heteroatoms. The van der Waals surface area contributed by atoms with Crippen molar-refractivity contribution < 1.29 is 0 Å². The van der Waals surface area contributed by atoms with Gasteiger partial charge in [0.15, 0.2) is 0 Å². The van der Waals surface area contributed by atoms with Crippen molar-refractivity contribution in [3.05, 3.63) is 127 Å². The quantitative estimate of drug-likeness (QED) is 0.206. The summed E-state index contributed by atoms with van der Waals surface area (Å²) in [6.45, 7) is 0. The molecule has 6 aromatic heterocycles. The van der Waals surface area contributed by atoms with Gasteiger partial charge in [-0.3, -0.25) is 4.57 Å². The maximum absolute atomic E-state index is 4.83. The molecule has 0 aliphatic carbocycles. The van der Waals surface area contributed by atoms with Crippen molar-refractivity contribution in [3.8, 4) is 17.2 Å². The van der Waals surface area contributed by atoms with Gasteiger partial charge < -0.3 is 4.57 Å². The summed E-state index contributed by atoms with van der Waals surface area (Å²) in [5, 5.41) is 11.9. The Morgan fingerprint density at radius 1 is 0.558 bits per heavy atom. The molecule has 43 heavy (non-hydrogen) atoms. The summed E-state index contributed by atoms with van der Waals surface area (Å²) in [6.07, 6.45) is 3.85. The van der Waals surface area contributed by atoms with Crippen LogP contribution in [0.3, 0.4) is 0 Å². The van der Waals surface area contributed by atoms with Crippen molar-refractivity contribution in [2.75, 3.05) is 0 Å². The molecule has 4 aromatic carbocycles. The molecule has 0 amide bonds.